The molecule has 5 heteroatoms. The highest BCUT2D eigenvalue weighted by Crippen LogP contribution is 2.17. The standard InChI is InChI=1S/C23H22N4O/c28-23(19-10-14-24-15-11-19)25-16-12-22-26-20-8-4-5-9-21(20)27(22)17-13-18-6-2-1-3-7-18/h1-11,14-15H,12-13,16-17H2,(H,25,28). The van der Waals surface area contributed by atoms with Crippen molar-refractivity contribution in [3.63, 3.8) is 0 Å². The van der Waals surface area contributed by atoms with E-state index in [9.17, 15) is 4.79 Å². The molecular weight excluding hydrogens is 348 g/mol. The number of para-hydroxylation sites is 2. The summed E-state index contributed by atoms with van der Waals surface area (Å²) in [6, 6.07) is 22.1. The van der Waals surface area contributed by atoms with Crippen molar-refractivity contribution in [2.24, 2.45) is 0 Å². The fourth-order valence-corrected chi connectivity index (χ4v) is 3.34. The molecule has 0 saturated heterocycles. The van der Waals surface area contributed by atoms with Crippen LogP contribution in [0.3, 0.4) is 0 Å². The maximum Gasteiger partial charge on any atom is 0.251 e. The molecule has 2 heterocycles. The van der Waals surface area contributed by atoms with Gasteiger partial charge in [0, 0.05) is 37.5 Å². The number of carbonyl (C=O) groups excluding carboxylic acids is 1. The molecule has 2 aromatic heterocycles. The van der Waals surface area contributed by atoms with Gasteiger partial charge in [-0.25, -0.2) is 4.98 Å². The van der Waals surface area contributed by atoms with E-state index in [-0.39, 0.29) is 5.91 Å². The maximum atomic E-state index is 12.2. The molecule has 0 bridgehead atoms. The fraction of sp³-hybridized carbons (Fsp3) is 0.174. The minimum absolute atomic E-state index is 0.0886. The van der Waals surface area contributed by atoms with Gasteiger partial charge in [-0.15, -0.1) is 0 Å². The number of benzene rings is 2. The third-order valence-corrected chi connectivity index (χ3v) is 4.78. The van der Waals surface area contributed by atoms with Crippen molar-refractivity contribution in [2.45, 2.75) is 19.4 Å². The molecule has 1 amide bonds. The average molecular weight is 370 g/mol. The third kappa shape index (κ3) is 4.09. The van der Waals surface area contributed by atoms with Crippen molar-refractivity contribution in [2.75, 3.05) is 6.54 Å². The summed E-state index contributed by atoms with van der Waals surface area (Å²) < 4.78 is 2.26. The first-order chi connectivity index (χ1) is 13.8. The largest absolute Gasteiger partial charge is 0.352 e. The Hall–Kier alpha value is -3.47. The first kappa shape index (κ1) is 17.9. The van der Waals surface area contributed by atoms with Crippen molar-refractivity contribution < 1.29 is 4.79 Å². The van der Waals surface area contributed by atoms with Crippen molar-refractivity contribution in [1.29, 1.82) is 0 Å². The predicted molar refractivity (Wildman–Crippen MR) is 110 cm³/mol. The van der Waals surface area contributed by atoms with Gasteiger partial charge in [-0.1, -0.05) is 42.5 Å². The van der Waals surface area contributed by atoms with Gasteiger partial charge >= 0.3 is 0 Å². The molecular formula is C23H22N4O. The van der Waals surface area contributed by atoms with Crippen LogP contribution in [0.2, 0.25) is 0 Å². The zero-order chi connectivity index (χ0) is 19.2. The van der Waals surface area contributed by atoms with Gasteiger partial charge in [-0.3, -0.25) is 9.78 Å². The molecule has 0 fully saturated rings. The van der Waals surface area contributed by atoms with E-state index in [2.05, 4.69) is 45.2 Å². The second-order valence-electron chi connectivity index (χ2n) is 6.65. The number of nitrogens with one attached hydrogen (secondary N) is 1. The van der Waals surface area contributed by atoms with Gasteiger partial charge in [-0.05, 0) is 36.2 Å². The Kier molecular flexibility index (Phi) is 5.43. The zero-order valence-electron chi connectivity index (χ0n) is 15.6. The van der Waals surface area contributed by atoms with Gasteiger partial charge in [0.1, 0.15) is 5.82 Å². The maximum absolute atomic E-state index is 12.2. The average Bonchev–Trinajstić information content (AvgIpc) is 3.11. The number of amides is 1. The molecule has 140 valence electrons. The minimum Gasteiger partial charge on any atom is -0.352 e. The lowest BCUT2D eigenvalue weighted by atomic mass is 10.1. The summed E-state index contributed by atoms with van der Waals surface area (Å²) in [6.07, 6.45) is 4.87. The number of rotatable bonds is 7. The molecule has 4 aromatic rings. The molecule has 0 aliphatic heterocycles. The quantitative estimate of drug-likeness (QED) is 0.540. The van der Waals surface area contributed by atoms with Crippen LogP contribution in [-0.2, 0) is 19.4 Å². The van der Waals surface area contributed by atoms with Crippen LogP contribution in [0.15, 0.2) is 79.1 Å². The summed E-state index contributed by atoms with van der Waals surface area (Å²) in [5.41, 5.74) is 4.05. The number of hydrogen-bond donors (Lipinski definition) is 1. The lowest BCUT2D eigenvalue weighted by molar-refractivity contribution is 0.0954. The summed E-state index contributed by atoms with van der Waals surface area (Å²) in [7, 11) is 0. The molecule has 5 nitrogen and oxygen atoms in total. The summed E-state index contributed by atoms with van der Waals surface area (Å²) in [6.45, 7) is 1.40. The van der Waals surface area contributed by atoms with Crippen LogP contribution >= 0.6 is 0 Å². The Labute approximate surface area is 164 Å². The molecule has 28 heavy (non-hydrogen) atoms. The molecule has 0 radical (unpaired) electrons. The van der Waals surface area contributed by atoms with Crippen LogP contribution in [0.1, 0.15) is 21.7 Å². The second-order valence-corrected chi connectivity index (χ2v) is 6.65. The topological polar surface area (TPSA) is 59.8 Å². The van der Waals surface area contributed by atoms with Gasteiger partial charge in [0.2, 0.25) is 0 Å². The second kappa shape index (κ2) is 8.48. The van der Waals surface area contributed by atoms with E-state index < -0.39 is 0 Å². The van der Waals surface area contributed by atoms with Crippen LogP contribution < -0.4 is 5.32 Å². The summed E-state index contributed by atoms with van der Waals surface area (Å²) in [5.74, 6) is 0.904. The van der Waals surface area contributed by atoms with Crippen molar-refractivity contribution in [3.05, 3.63) is 96.1 Å². The fourth-order valence-electron chi connectivity index (χ4n) is 3.34. The number of nitrogens with zero attached hydrogens (tertiary/aromatic N) is 3. The molecule has 2 aromatic carbocycles. The molecule has 0 spiro atoms. The zero-order valence-corrected chi connectivity index (χ0v) is 15.6. The number of hydrogen-bond acceptors (Lipinski definition) is 3. The van der Waals surface area contributed by atoms with Crippen LogP contribution in [0, 0.1) is 0 Å². The molecule has 0 unspecified atom stereocenters. The molecule has 0 saturated carbocycles. The highest BCUT2D eigenvalue weighted by atomic mass is 16.1. The van der Waals surface area contributed by atoms with Crippen molar-refractivity contribution in [3.8, 4) is 0 Å². The van der Waals surface area contributed by atoms with Crippen LogP contribution in [0.4, 0.5) is 0 Å². The lowest BCUT2D eigenvalue weighted by Crippen LogP contribution is -2.26. The third-order valence-electron chi connectivity index (χ3n) is 4.78. The molecule has 1 N–H and O–H groups in total. The van der Waals surface area contributed by atoms with E-state index in [1.165, 1.54) is 5.56 Å². The lowest BCUT2D eigenvalue weighted by Gasteiger charge is -2.10. The number of imidazole rings is 1. The molecule has 0 aliphatic carbocycles. The van der Waals surface area contributed by atoms with Gasteiger partial charge < -0.3 is 9.88 Å². The number of aromatic nitrogens is 3. The molecule has 0 atom stereocenters. The highest BCUT2D eigenvalue weighted by molar-refractivity contribution is 5.93. The summed E-state index contributed by atoms with van der Waals surface area (Å²) in [4.78, 5) is 21.0. The number of fused-ring (bicyclic) bond motifs is 1. The minimum atomic E-state index is -0.0886. The monoisotopic (exact) mass is 370 g/mol. The first-order valence-corrected chi connectivity index (χ1v) is 9.47. The first-order valence-electron chi connectivity index (χ1n) is 9.47. The van der Waals surface area contributed by atoms with Crippen LogP contribution in [0.25, 0.3) is 11.0 Å². The smallest absolute Gasteiger partial charge is 0.251 e. The van der Waals surface area contributed by atoms with E-state index in [4.69, 9.17) is 4.98 Å². The van der Waals surface area contributed by atoms with Gasteiger partial charge in [0.15, 0.2) is 0 Å². The van der Waals surface area contributed by atoms with E-state index >= 15 is 0 Å². The number of aryl methyl sites for hydroxylation is 2. The summed E-state index contributed by atoms with van der Waals surface area (Å²) >= 11 is 0. The predicted octanol–water partition coefficient (Wildman–Crippen LogP) is 3.65. The Morgan fingerprint density at radius 3 is 2.46 bits per heavy atom. The van der Waals surface area contributed by atoms with E-state index in [1.807, 2.05) is 24.3 Å². The Balaban J connectivity index is 1.47. The van der Waals surface area contributed by atoms with Gasteiger partial charge in [0.05, 0.1) is 11.0 Å². The van der Waals surface area contributed by atoms with Gasteiger partial charge in [-0.2, -0.15) is 0 Å². The normalized spacial score (nSPS) is 10.9. The van der Waals surface area contributed by atoms with Gasteiger partial charge in [0.25, 0.3) is 5.91 Å². The van der Waals surface area contributed by atoms with Crippen molar-refractivity contribution in [1.82, 2.24) is 19.9 Å². The van der Waals surface area contributed by atoms with Crippen molar-refractivity contribution >= 4 is 16.9 Å². The Bertz CT molecular complexity index is 1060. The van der Waals surface area contributed by atoms with Crippen LogP contribution in [0.5, 0.6) is 0 Å². The molecule has 4 rings (SSSR count). The Morgan fingerprint density at radius 2 is 1.64 bits per heavy atom. The number of carbonyl (C=O) groups is 1. The van der Waals surface area contributed by atoms with Crippen LogP contribution in [-0.4, -0.2) is 27.0 Å². The SMILES string of the molecule is O=C(NCCc1nc2ccccc2n1CCc1ccccc1)c1ccncc1. The summed E-state index contributed by atoms with van der Waals surface area (Å²) in [5, 5.41) is 2.97. The van der Waals surface area contributed by atoms with E-state index in [0.717, 1.165) is 29.8 Å². The van der Waals surface area contributed by atoms with E-state index in [0.29, 0.717) is 18.5 Å². The number of pyridine rings is 1. The van der Waals surface area contributed by atoms with E-state index in [1.54, 1.807) is 24.5 Å². The highest BCUT2D eigenvalue weighted by Gasteiger charge is 2.11. The molecule has 0 aliphatic rings. The Morgan fingerprint density at radius 1 is 0.893 bits per heavy atom.